The topological polar surface area (TPSA) is 52.7 Å². The lowest BCUT2D eigenvalue weighted by Crippen LogP contribution is -2.36. The summed E-state index contributed by atoms with van der Waals surface area (Å²) >= 11 is 0. The Morgan fingerprint density at radius 1 is 1.07 bits per heavy atom. The maximum atomic E-state index is 13.3. The third-order valence-electron chi connectivity index (χ3n) is 5.21. The molecule has 0 radical (unpaired) electrons. The Bertz CT molecular complexity index is 768. The van der Waals surface area contributed by atoms with Crippen LogP contribution in [0.4, 0.5) is 18.9 Å². The van der Waals surface area contributed by atoms with Crippen molar-refractivity contribution in [1.29, 1.82) is 0 Å². The molecule has 0 aliphatic carbocycles. The number of nitrogens with one attached hydrogen (secondary N) is 1. The van der Waals surface area contributed by atoms with Crippen LogP contribution in [-0.4, -0.2) is 54.8 Å². The molecule has 0 saturated carbocycles. The van der Waals surface area contributed by atoms with Gasteiger partial charge in [-0.25, -0.2) is 0 Å². The van der Waals surface area contributed by atoms with Gasteiger partial charge in [0, 0.05) is 30.3 Å². The number of benzene rings is 1. The van der Waals surface area contributed by atoms with Crippen LogP contribution in [0.15, 0.2) is 30.4 Å². The summed E-state index contributed by atoms with van der Waals surface area (Å²) in [6.07, 6.45) is 1.14. The van der Waals surface area contributed by atoms with Crippen molar-refractivity contribution in [3.05, 3.63) is 41.5 Å². The third-order valence-corrected chi connectivity index (χ3v) is 5.21. The van der Waals surface area contributed by atoms with Gasteiger partial charge < -0.3 is 15.1 Å². The molecule has 0 atom stereocenters. The Morgan fingerprint density at radius 3 is 2.39 bits per heavy atom. The van der Waals surface area contributed by atoms with E-state index in [0.29, 0.717) is 32.4 Å². The van der Waals surface area contributed by atoms with Crippen molar-refractivity contribution in [2.45, 2.75) is 25.4 Å². The summed E-state index contributed by atoms with van der Waals surface area (Å²) in [4.78, 5) is 28.8. The molecule has 2 aliphatic rings. The highest BCUT2D eigenvalue weighted by Gasteiger charge is 2.33. The fourth-order valence-electron chi connectivity index (χ4n) is 3.51. The van der Waals surface area contributed by atoms with Crippen LogP contribution in [0, 0.1) is 5.92 Å². The Balaban J connectivity index is 1.82. The molecule has 2 aliphatic heterocycles. The molecular formula is C20H24F3N3O2. The molecule has 5 nitrogen and oxygen atoms in total. The molecule has 28 heavy (non-hydrogen) atoms. The summed E-state index contributed by atoms with van der Waals surface area (Å²) in [5.74, 6) is -1.01. The van der Waals surface area contributed by atoms with E-state index in [0.717, 1.165) is 25.2 Å². The van der Waals surface area contributed by atoms with Crippen molar-refractivity contribution in [3.63, 3.8) is 0 Å². The van der Waals surface area contributed by atoms with E-state index in [1.54, 1.807) is 0 Å². The van der Waals surface area contributed by atoms with Gasteiger partial charge in [0.1, 0.15) is 0 Å². The predicted molar refractivity (Wildman–Crippen MR) is 100.0 cm³/mol. The van der Waals surface area contributed by atoms with E-state index >= 15 is 0 Å². The summed E-state index contributed by atoms with van der Waals surface area (Å²) in [5.41, 5.74) is -0.997. The normalized spacial score (nSPS) is 18.9. The van der Waals surface area contributed by atoms with E-state index in [1.807, 2.05) is 19.2 Å². The molecular weight excluding hydrogens is 371 g/mol. The van der Waals surface area contributed by atoms with Gasteiger partial charge in [-0.15, -0.1) is 0 Å². The average Bonchev–Trinajstić information content (AvgIpc) is 2.67. The van der Waals surface area contributed by atoms with Gasteiger partial charge in [-0.05, 0) is 57.6 Å². The number of carbonyl (C=O) groups is 2. The first-order valence-electron chi connectivity index (χ1n) is 9.40. The molecule has 8 heteroatoms. The number of hydrogen-bond donors (Lipinski definition) is 1. The number of carbonyl (C=O) groups excluding carboxylic acids is 2. The molecule has 0 bridgehead atoms. The second kappa shape index (κ2) is 8.34. The summed E-state index contributed by atoms with van der Waals surface area (Å²) in [6, 6.07) is 3.08. The van der Waals surface area contributed by atoms with Crippen molar-refractivity contribution in [1.82, 2.24) is 9.80 Å². The van der Waals surface area contributed by atoms with Crippen LogP contribution < -0.4 is 5.32 Å². The lowest BCUT2D eigenvalue weighted by Gasteiger charge is -2.28. The quantitative estimate of drug-likeness (QED) is 0.799. The Hall–Kier alpha value is -2.35. The van der Waals surface area contributed by atoms with Crippen LogP contribution in [0.5, 0.6) is 0 Å². The van der Waals surface area contributed by atoms with Gasteiger partial charge in [-0.2, -0.15) is 13.2 Å². The van der Waals surface area contributed by atoms with Crippen LogP contribution >= 0.6 is 0 Å². The number of alkyl halides is 3. The first kappa shape index (κ1) is 20.4. The highest BCUT2D eigenvalue weighted by Crippen LogP contribution is 2.33. The summed E-state index contributed by atoms with van der Waals surface area (Å²) in [5, 5.41) is 2.59. The Morgan fingerprint density at radius 2 is 1.79 bits per heavy atom. The molecule has 152 valence electrons. The van der Waals surface area contributed by atoms with E-state index in [9.17, 15) is 22.8 Å². The zero-order valence-electron chi connectivity index (χ0n) is 15.8. The van der Waals surface area contributed by atoms with E-state index in [-0.39, 0.29) is 23.1 Å². The zero-order chi connectivity index (χ0) is 20.3. The molecule has 3 rings (SSSR count). The van der Waals surface area contributed by atoms with Crippen molar-refractivity contribution in [2.75, 3.05) is 38.5 Å². The molecule has 1 fully saturated rings. The molecule has 1 N–H and O–H groups in total. The van der Waals surface area contributed by atoms with Crippen LogP contribution in [0.3, 0.4) is 0 Å². The van der Waals surface area contributed by atoms with Crippen molar-refractivity contribution in [2.24, 2.45) is 5.92 Å². The predicted octanol–water partition coefficient (Wildman–Crippen LogP) is 3.39. The Labute approximate surface area is 162 Å². The van der Waals surface area contributed by atoms with Gasteiger partial charge in [0.2, 0.25) is 5.91 Å². The number of hydrogen-bond acceptors (Lipinski definition) is 3. The SMILES string of the molecule is CN1CCC(C(=O)Nc2cc(C(=O)N3CC=CCC3)cc(C(F)(F)F)c2)CC1. The van der Waals surface area contributed by atoms with Gasteiger partial charge in [0.25, 0.3) is 5.91 Å². The maximum absolute atomic E-state index is 13.3. The van der Waals surface area contributed by atoms with E-state index in [2.05, 4.69) is 10.2 Å². The van der Waals surface area contributed by atoms with Crippen molar-refractivity contribution in [3.8, 4) is 0 Å². The molecule has 0 unspecified atom stereocenters. The second-order valence-corrected chi connectivity index (χ2v) is 7.37. The number of nitrogens with zero attached hydrogens (tertiary/aromatic N) is 2. The highest BCUT2D eigenvalue weighted by atomic mass is 19.4. The molecule has 0 aromatic heterocycles. The van der Waals surface area contributed by atoms with Gasteiger partial charge in [0.05, 0.1) is 5.56 Å². The summed E-state index contributed by atoms with van der Waals surface area (Å²) in [7, 11) is 1.97. The summed E-state index contributed by atoms with van der Waals surface area (Å²) < 4.78 is 40.0. The zero-order valence-corrected chi connectivity index (χ0v) is 15.8. The van der Waals surface area contributed by atoms with Gasteiger partial charge in [0.15, 0.2) is 0 Å². The van der Waals surface area contributed by atoms with Crippen LogP contribution in [0.1, 0.15) is 35.2 Å². The van der Waals surface area contributed by atoms with Crippen LogP contribution in [0.25, 0.3) is 0 Å². The van der Waals surface area contributed by atoms with E-state index in [4.69, 9.17) is 0 Å². The van der Waals surface area contributed by atoms with Crippen LogP contribution in [0.2, 0.25) is 0 Å². The van der Waals surface area contributed by atoms with Gasteiger partial charge >= 0.3 is 6.18 Å². The van der Waals surface area contributed by atoms with Crippen LogP contribution in [-0.2, 0) is 11.0 Å². The van der Waals surface area contributed by atoms with Crippen molar-refractivity contribution >= 4 is 17.5 Å². The first-order chi connectivity index (χ1) is 13.2. The maximum Gasteiger partial charge on any atom is 0.416 e. The molecule has 1 aromatic rings. The second-order valence-electron chi connectivity index (χ2n) is 7.37. The van der Waals surface area contributed by atoms with Gasteiger partial charge in [-0.3, -0.25) is 9.59 Å². The number of rotatable bonds is 3. The third kappa shape index (κ3) is 4.92. The number of amides is 2. The van der Waals surface area contributed by atoms with Gasteiger partial charge in [-0.1, -0.05) is 12.2 Å². The summed E-state index contributed by atoms with van der Waals surface area (Å²) in [6.45, 7) is 2.37. The minimum Gasteiger partial charge on any atom is -0.335 e. The lowest BCUT2D eigenvalue weighted by molar-refractivity contribution is -0.137. The standard InChI is InChI=1S/C20H24F3N3O2/c1-25-9-5-14(6-10-25)18(27)24-17-12-15(11-16(13-17)20(21,22)23)19(28)26-7-3-2-4-8-26/h2-3,11-14H,4-10H2,1H3,(H,24,27). The number of anilines is 1. The average molecular weight is 395 g/mol. The molecule has 0 spiro atoms. The largest absolute Gasteiger partial charge is 0.416 e. The lowest BCUT2D eigenvalue weighted by atomic mass is 9.96. The smallest absolute Gasteiger partial charge is 0.335 e. The molecule has 2 heterocycles. The Kier molecular flexibility index (Phi) is 6.07. The van der Waals surface area contributed by atoms with Crippen molar-refractivity contribution < 1.29 is 22.8 Å². The molecule has 1 saturated heterocycles. The minimum atomic E-state index is -4.61. The fraction of sp³-hybridized carbons (Fsp3) is 0.500. The molecule has 1 aromatic carbocycles. The highest BCUT2D eigenvalue weighted by molar-refractivity contribution is 5.98. The monoisotopic (exact) mass is 395 g/mol. The minimum absolute atomic E-state index is 0.00894. The number of piperidine rings is 1. The fourth-order valence-corrected chi connectivity index (χ4v) is 3.51. The van der Waals surface area contributed by atoms with E-state index in [1.165, 1.54) is 11.0 Å². The molecule has 2 amide bonds. The van der Waals surface area contributed by atoms with E-state index < -0.39 is 17.6 Å². The first-order valence-corrected chi connectivity index (χ1v) is 9.40. The number of likely N-dealkylation sites (tertiary alicyclic amines) is 1. The number of halogens is 3.